The van der Waals surface area contributed by atoms with Crippen LogP contribution in [0.1, 0.15) is 34.0 Å². The summed E-state index contributed by atoms with van der Waals surface area (Å²) in [6.07, 6.45) is 2.15. The van der Waals surface area contributed by atoms with Gasteiger partial charge in [0.1, 0.15) is 5.75 Å². The van der Waals surface area contributed by atoms with E-state index in [9.17, 15) is 4.79 Å². The minimum absolute atomic E-state index is 0.0643. The van der Waals surface area contributed by atoms with Crippen molar-refractivity contribution in [1.82, 2.24) is 4.90 Å². The Labute approximate surface area is 154 Å². The number of amides is 1. The third kappa shape index (κ3) is 2.94. The topological polar surface area (TPSA) is 29.5 Å². The zero-order valence-corrected chi connectivity index (χ0v) is 15.3. The van der Waals surface area contributed by atoms with Crippen LogP contribution in [0.2, 0.25) is 0 Å². The maximum atomic E-state index is 13.1. The first-order valence-electron chi connectivity index (χ1n) is 9.18. The predicted octanol–water partition coefficient (Wildman–Crippen LogP) is 4.61. The molecule has 26 heavy (non-hydrogen) atoms. The molecule has 1 amide bonds. The smallest absolute Gasteiger partial charge is 0.254 e. The van der Waals surface area contributed by atoms with Gasteiger partial charge in [-0.15, -0.1) is 0 Å². The molecular formula is C23H23NO2. The fourth-order valence-corrected chi connectivity index (χ4v) is 3.84. The quantitative estimate of drug-likeness (QED) is 0.676. The van der Waals surface area contributed by atoms with Crippen LogP contribution in [0, 0.1) is 0 Å². The highest BCUT2D eigenvalue weighted by Gasteiger charge is 2.20. The highest BCUT2D eigenvalue weighted by molar-refractivity contribution is 6.09. The number of ether oxygens (including phenoxy) is 1. The van der Waals surface area contributed by atoms with Gasteiger partial charge >= 0.3 is 0 Å². The molecule has 1 aliphatic carbocycles. The van der Waals surface area contributed by atoms with Gasteiger partial charge in [0.2, 0.25) is 0 Å². The van der Waals surface area contributed by atoms with Crippen molar-refractivity contribution in [1.29, 1.82) is 0 Å². The molecule has 4 rings (SSSR count). The molecule has 0 N–H and O–H groups in total. The molecule has 0 aromatic heterocycles. The third-order valence-corrected chi connectivity index (χ3v) is 5.11. The lowest BCUT2D eigenvalue weighted by molar-refractivity contribution is 0.0787. The Hall–Kier alpha value is -2.81. The van der Waals surface area contributed by atoms with Crippen LogP contribution in [-0.4, -0.2) is 24.5 Å². The standard InChI is InChI=1S/C23H23NO2/c1-3-26-19-12-7-16(8-13-19)15-24(2)23(25)21-14-11-18-10-9-17-5-4-6-20(21)22(17)18/h4-8,11-14H,3,9-10,15H2,1-2H3. The monoisotopic (exact) mass is 345 g/mol. The first-order valence-corrected chi connectivity index (χ1v) is 9.18. The van der Waals surface area contributed by atoms with Crippen LogP contribution >= 0.6 is 0 Å². The number of benzene rings is 3. The van der Waals surface area contributed by atoms with Gasteiger partial charge in [0, 0.05) is 19.2 Å². The Morgan fingerprint density at radius 1 is 1.00 bits per heavy atom. The fraction of sp³-hybridized carbons (Fsp3) is 0.261. The van der Waals surface area contributed by atoms with Crippen molar-refractivity contribution >= 4 is 16.7 Å². The summed E-state index contributed by atoms with van der Waals surface area (Å²) in [5.41, 5.74) is 4.61. The van der Waals surface area contributed by atoms with Crippen LogP contribution in [0.25, 0.3) is 10.8 Å². The van der Waals surface area contributed by atoms with Gasteiger partial charge in [-0.1, -0.05) is 36.4 Å². The minimum Gasteiger partial charge on any atom is -0.494 e. The maximum Gasteiger partial charge on any atom is 0.254 e. The van der Waals surface area contributed by atoms with Crippen LogP contribution in [0.4, 0.5) is 0 Å². The zero-order chi connectivity index (χ0) is 18.1. The van der Waals surface area contributed by atoms with E-state index in [0.717, 1.165) is 35.1 Å². The molecule has 0 bridgehead atoms. The first-order chi connectivity index (χ1) is 12.7. The van der Waals surface area contributed by atoms with E-state index in [0.29, 0.717) is 13.2 Å². The van der Waals surface area contributed by atoms with Gasteiger partial charge < -0.3 is 9.64 Å². The van der Waals surface area contributed by atoms with Gasteiger partial charge in [-0.2, -0.15) is 0 Å². The molecule has 0 heterocycles. The normalized spacial score (nSPS) is 12.4. The number of carbonyl (C=O) groups excluding carboxylic acids is 1. The second-order valence-electron chi connectivity index (χ2n) is 6.85. The lowest BCUT2D eigenvalue weighted by Gasteiger charge is -2.19. The average molecular weight is 345 g/mol. The van der Waals surface area contributed by atoms with Crippen molar-refractivity contribution in [2.45, 2.75) is 26.3 Å². The van der Waals surface area contributed by atoms with Crippen LogP contribution in [0.3, 0.4) is 0 Å². The van der Waals surface area contributed by atoms with E-state index in [1.54, 1.807) is 4.90 Å². The van der Waals surface area contributed by atoms with E-state index in [1.165, 1.54) is 16.5 Å². The van der Waals surface area contributed by atoms with Crippen molar-refractivity contribution in [2.75, 3.05) is 13.7 Å². The lowest BCUT2D eigenvalue weighted by Crippen LogP contribution is -2.26. The summed E-state index contributed by atoms with van der Waals surface area (Å²) < 4.78 is 5.48. The van der Waals surface area contributed by atoms with E-state index >= 15 is 0 Å². The van der Waals surface area contributed by atoms with Gasteiger partial charge in [0.15, 0.2) is 0 Å². The summed E-state index contributed by atoms with van der Waals surface area (Å²) in [6.45, 7) is 3.20. The summed E-state index contributed by atoms with van der Waals surface area (Å²) in [5, 5.41) is 2.37. The van der Waals surface area contributed by atoms with Crippen molar-refractivity contribution in [3.05, 3.63) is 76.9 Å². The molecule has 3 aromatic carbocycles. The molecule has 0 saturated carbocycles. The van der Waals surface area contributed by atoms with E-state index in [2.05, 4.69) is 24.3 Å². The summed E-state index contributed by atoms with van der Waals surface area (Å²) in [7, 11) is 1.86. The Balaban J connectivity index is 1.59. The van der Waals surface area contributed by atoms with Crippen LogP contribution in [0.5, 0.6) is 5.75 Å². The molecule has 0 atom stereocenters. The molecule has 0 fully saturated rings. The molecule has 0 aliphatic heterocycles. The van der Waals surface area contributed by atoms with E-state index < -0.39 is 0 Å². The molecule has 3 aromatic rings. The van der Waals surface area contributed by atoms with Crippen LogP contribution in [0.15, 0.2) is 54.6 Å². The largest absolute Gasteiger partial charge is 0.494 e. The molecule has 3 heteroatoms. The number of nitrogens with zero attached hydrogens (tertiary/aromatic N) is 1. The molecule has 3 nitrogen and oxygen atoms in total. The Morgan fingerprint density at radius 3 is 2.46 bits per heavy atom. The first kappa shape index (κ1) is 16.6. The average Bonchev–Trinajstić information content (AvgIpc) is 3.08. The molecule has 0 radical (unpaired) electrons. The maximum absolute atomic E-state index is 13.1. The Kier molecular flexibility index (Phi) is 4.37. The van der Waals surface area contributed by atoms with Crippen molar-refractivity contribution in [2.24, 2.45) is 0 Å². The fourth-order valence-electron chi connectivity index (χ4n) is 3.84. The number of hydrogen-bond acceptors (Lipinski definition) is 2. The molecule has 1 aliphatic rings. The SMILES string of the molecule is CCOc1ccc(CN(C)C(=O)c2ccc3c4c(cccc24)CC3)cc1. The third-order valence-electron chi connectivity index (χ3n) is 5.11. The van der Waals surface area contributed by atoms with Gasteiger partial charge in [0.05, 0.1) is 6.61 Å². The number of hydrogen-bond donors (Lipinski definition) is 0. The summed E-state index contributed by atoms with van der Waals surface area (Å²) in [6, 6.07) is 18.4. The molecule has 0 unspecified atom stereocenters. The molecule has 132 valence electrons. The van der Waals surface area contributed by atoms with E-state index in [-0.39, 0.29) is 5.91 Å². The zero-order valence-electron chi connectivity index (χ0n) is 15.3. The molecular weight excluding hydrogens is 322 g/mol. The summed E-state index contributed by atoms with van der Waals surface area (Å²) >= 11 is 0. The minimum atomic E-state index is 0.0643. The summed E-state index contributed by atoms with van der Waals surface area (Å²) in [5.74, 6) is 0.923. The van der Waals surface area contributed by atoms with Gasteiger partial charge in [-0.25, -0.2) is 0 Å². The van der Waals surface area contributed by atoms with Crippen molar-refractivity contribution in [3.8, 4) is 5.75 Å². The molecule has 0 spiro atoms. The highest BCUT2D eigenvalue weighted by Crippen LogP contribution is 2.33. The Bertz CT molecular complexity index is 950. The van der Waals surface area contributed by atoms with Crippen molar-refractivity contribution < 1.29 is 9.53 Å². The summed E-state index contributed by atoms with van der Waals surface area (Å²) in [4.78, 5) is 14.9. The van der Waals surface area contributed by atoms with Gasteiger partial charge in [-0.3, -0.25) is 4.79 Å². The Morgan fingerprint density at radius 2 is 1.73 bits per heavy atom. The van der Waals surface area contributed by atoms with Crippen molar-refractivity contribution in [3.63, 3.8) is 0 Å². The molecule has 0 saturated heterocycles. The van der Waals surface area contributed by atoms with Gasteiger partial charge in [-0.05, 0) is 65.4 Å². The number of aryl methyl sites for hydroxylation is 2. The highest BCUT2D eigenvalue weighted by atomic mass is 16.5. The van der Waals surface area contributed by atoms with Gasteiger partial charge in [0.25, 0.3) is 5.91 Å². The number of carbonyl (C=O) groups is 1. The second-order valence-corrected chi connectivity index (χ2v) is 6.85. The van der Waals surface area contributed by atoms with Crippen LogP contribution in [-0.2, 0) is 19.4 Å². The second kappa shape index (κ2) is 6.83. The lowest BCUT2D eigenvalue weighted by atomic mass is 9.99. The van der Waals surface area contributed by atoms with E-state index in [4.69, 9.17) is 4.74 Å². The number of rotatable bonds is 5. The predicted molar refractivity (Wildman–Crippen MR) is 105 cm³/mol. The van der Waals surface area contributed by atoms with Crippen LogP contribution < -0.4 is 4.74 Å². The van der Waals surface area contributed by atoms with E-state index in [1.807, 2.05) is 44.3 Å².